The third-order valence-corrected chi connectivity index (χ3v) is 6.62. The van der Waals surface area contributed by atoms with Gasteiger partial charge in [0.2, 0.25) is 18.0 Å². The van der Waals surface area contributed by atoms with E-state index in [0.29, 0.717) is 42.8 Å². The van der Waals surface area contributed by atoms with E-state index in [0.717, 1.165) is 16.8 Å². The first-order valence-corrected chi connectivity index (χ1v) is 12.7. The van der Waals surface area contributed by atoms with E-state index in [1.807, 2.05) is 108 Å². The minimum Gasteiger partial charge on any atom is -0.439 e. The number of para-hydroxylation sites is 2. The number of amides is 1. The smallest absolute Gasteiger partial charge is 0.256 e. The highest BCUT2D eigenvalue weighted by atomic mass is 16.5. The highest BCUT2D eigenvalue weighted by molar-refractivity contribution is 5.96. The first-order chi connectivity index (χ1) is 19.1. The number of rotatable bonds is 5. The molecule has 1 saturated heterocycles. The number of aryl methyl sites for hydroxylation is 1. The number of guanidine groups is 1. The summed E-state index contributed by atoms with van der Waals surface area (Å²) >= 11 is 0. The summed E-state index contributed by atoms with van der Waals surface area (Å²) in [6, 6.07) is 30.3. The van der Waals surface area contributed by atoms with Gasteiger partial charge in [0.05, 0.1) is 11.6 Å². The normalized spacial score (nSPS) is 15.4. The van der Waals surface area contributed by atoms with Crippen molar-refractivity contribution in [1.82, 2.24) is 14.8 Å². The Morgan fingerprint density at radius 2 is 1.69 bits per heavy atom. The number of anilines is 1. The number of nitrogens with zero attached hydrogens (tertiary/aromatic N) is 5. The Morgan fingerprint density at radius 3 is 2.38 bits per heavy atom. The highest BCUT2D eigenvalue weighted by Crippen LogP contribution is 2.28. The van der Waals surface area contributed by atoms with Gasteiger partial charge in [0.15, 0.2) is 0 Å². The summed E-state index contributed by atoms with van der Waals surface area (Å²) in [4.78, 5) is 26.1. The van der Waals surface area contributed by atoms with Crippen molar-refractivity contribution in [3.8, 4) is 17.8 Å². The molecule has 1 aromatic heterocycles. The zero-order valence-electron chi connectivity index (χ0n) is 21.6. The third kappa shape index (κ3) is 6.05. The molecule has 1 fully saturated rings. The van der Waals surface area contributed by atoms with Gasteiger partial charge in [-0.1, -0.05) is 66.7 Å². The molecule has 0 radical (unpaired) electrons. The molecule has 39 heavy (non-hydrogen) atoms. The molecule has 3 aromatic carbocycles. The van der Waals surface area contributed by atoms with Gasteiger partial charge >= 0.3 is 0 Å². The predicted octanol–water partition coefficient (Wildman–Crippen LogP) is 5.63. The lowest BCUT2D eigenvalue weighted by Crippen LogP contribution is -2.53. The van der Waals surface area contributed by atoms with Crippen LogP contribution >= 0.6 is 0 Å². The zero-order chi connectivity index (χ0) is 27.0. The second-order valence-electron chi connectivity index (χ2n) is 9.15. The van der Waals surface area contributed by atoms with E-state index in [2.05, 4.69) is 15.3 Å². The fourth-order valence-electron chi connectivity index (χ4n) is 4.58. The lowest BCUT2D eigenvalue weighted by molar-refractivity contribution is 0.0550. The van der Waals surface area contributed by atoms with Crippen molar-refractivity contribution in [3.05, 3.63) is 120 Å². The van der Waals surface area contributed by atoms with E-state index in [1.54, 1.807) is 18.3 Å². The number of hydrogen-bond acceptors (Lipinski definition) is 5. The van der Waals surface area contributed by atoms with E-state index in [4.69, 9.17) is 4.74 Å². The van der Waals surface area contributed by atoms with Crippen LogP contribution < -0.4 is 10.1 Å². The second-order valence-corrected chi connectivity index (χ2v) is 9.15. The topological polar surface area (TPSA) is 93.9 Å². The van der Waals surface area contributed by atoms with Crippen LogP contribution in [0.4, 0.5) is 5.69 Å². The Hall–Kier alpha value is -5.16. The van der Waals surface area contributed by atoms with Crippen LogP contribution in [0.1, 0.15) is 27.5 Å². The van der Waals surface area contributed by atoms with Crippen molar-refractivity contribution in [2.45, 2.75) is 13.0 Å². The molecule has 1 unspecified atom stereocenters. The number of carbonyl (C=O) groups excluding carboxylic acids is 1. The van der Waals surface area contributed by atoms with Crippen LogP contribution in [0.5, 0.6) is 11.6 Å². The van der Waals surface area contributed by atoms with Gasteiger partial charge in [0.1, 0.15) is 5.75 Å². The van der Waals surface area contributed by atoms with Crippen molar-refractivity contribution < 1.29 is 9.53 Å². The standard InChI is InChI=1S/C31H28N6O2/c1-23-10-8-9-15-27(23)35-31(34-22-32)36-18-19-37(28(21-36)24-11-4-2-5-12-24)30(38)25-16-17-29(33-20-25)39-26-13-6-3-7-14-26/h2-17,20,28H,18-19,21H2,1H3,(H,34,35). The lowest BCUT2D eigenvalue weighted by atomic mass is 10.0. The molecule has 0 bridgehead atoms. The predicted molar refractivity (Wildman–Crippen MR) is 150 cm³/mol. The summed E-state index contributed by atoms with van der Waals surface area (Å²) in [5, 5.41) is 12.7. The van der Waals surface area contributed by atoms with Gasteiger partial charge in [0.25, 0.3) is 5.91 Å². The van der Waals surface area contributed by atoms with Gasteiger partial charge in [-0.25, -0.2) is 4.98 Å². The summed E-state index contributed by atoms with van der Waals surface area (Å²) in [5.41, 5.74) is 3.40. The van der Waals surface area contributed by atoms with E-state index in [1.165, 1.54) is 0 Å². The van der Waals surface area contributed by atoms with Gasteiger partial charge in [-0.2, -0.15) is 5.26 Å². The van der Waals surface area contributed by atoms with Gasteiger partial charge < -0.3 is 19.9 Å². The summed E-state index contributed by atoms with van der Waals surface area (Å²) in [7, 11) is 0. The maximum Gasteiger partial charge on any atom is 0.256 e. The third-order valence-electron chi connectivity index (χ3n) is 6.62. The lowest BCUT2D eigenvalue weighted by Gasteiger charge is -2.42. The Labute approximate surface area is 227 Å². The Bertz CT molecular complexity index is 1480. The fourth-order valence-corrected chi connectivity index (χ4v) is 4.58. The van der Waals surface area contributed by atoms with Crippen molar-refractivity contribution >= 4 is 17.6 Å². The minimum atomic E-state index is -0.254. The molecule has 4 aromatic rings. The molecule has 194 valence electrons. The van der Waals surface area contributed by atoms with E-state index in [-0.39, 0.29) is 11.9 Å². The van der Waals surface area contributed by atoms with Gasteiger partial charge in [0, 0.05) is 37.6 Å². The number of nitriles is 1. The summed E-state index contributed by atoms with van der Waals surface area (Å²) in [6.45, 7) is 3.43. The number of aromatic nitrogens is 1. The number of carbonyl (C=O) groups is 1. The SMILES string of the molecule is Cc1ccccc1N/C(=N/C#N)N1CCN(C(=O)c2ccc(Oc3ccccc3)nc2)C(c2ccccc2)C1. The molecular weight excluding hydrogens is 488 g/mol. The largest absolute Gasteiger partial charge is 0.439 e. The van der Waals surface area contributed by atoms with Gasteiger partial charge in [-0.15, -0.1) is 4.99 Å². The molecule has 1 aliphatic rings. The number of benzene rings is 3. The van der Waals surface area contributed by atoms with Crippen molar-refractivity contribution in [3.63, 3.8) is 0 Å². The molecule has 5 rings (SSSR count). The second kappa shape index (κ2) is 11.9. The van der Waals surface area contributed by atoms with Crippen molar-refractivity contribution in [2.24, 2.45) is 4.99 Å². The molecular formula is C31H28N6O2. The molecule has 0 saturated carbocycles. The molecule has 8 heteroatoms. The molecule has 8 nitrogen and oxygen atoms in total. The maximum absolute atomic E-state index is 13.7. The number of pyridine rings is 1. The molecule has 1 aliphatic heterocycles. The quantitative estimate of drug-likeness (QED) is 0.210. The Kier molecular flexibility index (Phi) is 7.79. The summed E-state index contributed by atoms with van der Waals surface area (Å²) in [5.74, 6) is 1.44. The molecule has 0 aliphatic carbocycles. The van der Waals surface area contributed by atoms with Gasteiger partial charge in [-0.05, 0) is 42.3 Å². The van der Waals surface area contributed by atoms with E-state index in [9.17, 15) is 10.1 Å². The number of ether oxygens (including phenoxy) is 1. The van der Waals surface area contributed by atoms with Gasteiger partial charge in [-0.3, -0.25) is 4.79 Å². The molecule has 0 spiro atoms. The Balaban J connectivity index is 1.37. The van der Waals surface area contributed by atoms with Crippen LogP contribution in [-0.4, -0.2) is 46.3 Å². The fraction of sp³-hybridized carbons (Fsp3) is 0.161. The first-order valence-electron chi connectivity index (χ1n) is 12.7. The van der Waals surface area contributed by atoms with E-state index >= 15 is 0 Å². The number of piperazine rings is 1. The number of nitrogens with one attached hydrogen (secondary N) is 1. The van der Waals surface area contributed by atoms with E-state index < -0.39 is 0 Å². The monoisotopic (exact) mass is 516 g/mol. The Morgan fingerprint density at radius 1 is 0.974 bits per heavy atom. The summed E-state index contributed by atoms with van der Waals surface area (Å²) < 4.78 is 5.78. The van der Waals surface area contributed by atoms with Crippen molar-refractivity contribution in [1.29, 1.82) is 5.26 Å². The van der Waals surface area contributed by atoms with Crippen molar-refractivity contribution in [2.75, 3.05) is 25.0 Å². The van der Waals surface area contributed by atoms with Crippen LogP contribution in [0.2, 0.25) is 0 Å². The average molecular weight is 517 g/mol. The first kappa shape index (κ1) is 25.5. The van der Waals surface area contributed by atoms with Crippen LogP contribution in [0, 0.1) is 18.4 Å². The highest BCUT2D eigenvalue weighted by Gasteiger charge is 2.33. The summed E-state index contributed by atoms with van der Waals surface area (Å²) in [6.07, 6.45) is 3.48. The van der Waals surface area contributed by atoms with Crippen LogP contribution in [0.3, 0.4) is 0 Å². The zero-order valence-corrected chi connectivity index (χ0v) is 21.6. The number of aliphatic imine (C=N–C) groups is 1. The van der Waals surface area contributed by atoms with Crippen LogP contribution in [0.25, 0.3) is 0 Å². The molecule has 2 heterocycles. The molecule has 1 atom stereocenters. The maximum atomic E-state index is 13.7. The molecule has 1 amide bonds. The minimum absolute atomic E-state index is 0.118. The van der Waals surface area contributed by atoms with Crippen LogP contribution in [-0.2, 0) is 0 Å². The molecule has 1 N–H and O–H groups in total. The number of hydrogen-bond donors (Lipinski definition) is 1. The average Bonchev–Trinajstić information content (AvgIpc) is 2.99. The van der Waals surface area contributed by atoms with Crippen LogP contribution in [0.15, 0.2) is 108 Å².